The molecule has 1 heterocycles. The van der Waals surface area contributed by atoms with E-state index in [0.29, 0.717) is 12.0 Å². The van der Waals surface area contributed by atoms with E-state index < -0.39 is 0 Å². The molecule has 3 nitrogen and oxygen atoms in total. The molecule has 0 aliphatic carbocycles. The van der Waals surface area contributed by atoms with Crippen LogP contribution in [-0.2, 0) is 4.79 Å². The van der Waals surface area contributed by atoms with Crippen molar-refractivity contribution in [3.8, 4) is 0 Å². The zero-order valence-corrected chi connectivity index (χ0v) is 6.58. The van der Waals surface area contributed by atoms with Crippen molar-refractivity contribution in [1.29, 1.82) is 0 Å². The lowest BCUT2D eigenvalue weighted by Crippen LogP contribution is -2.20. The lowest BCUT2D eigenvalue weighted by Gasteiger charge is -2.17. The van der Waals surface area contributed by atoms with Gasteiger partial charge < -0.3 is 10.6 Å². The molecular formula is C8H12N2O. The maximum Gasteiger partial charge on any atom is 0.246 e. The minimum atomic E-state index is -0.326. The number of rotatable bonds is 2. The number of hydrogen-bond donors (Lipinski definition) is 1. The van der Waals surface area contributed by atoms with Crippen LogP contribution < -0.4 is 5.73 Å². The van der Waals surface area contributed by atoms with Crippen LogP contribution in [0.1, 0.15) is 13.3 Å². The molecule has 2 N–H and O–H groups in total. The van der Waals surface area contributed by atoms with Gasteiger partial charge in [-0.1, -0.05) is 6.08 Å². The number of hydrogen-bond acceptors (Lipinski definition) is 2. The third kappa shape index (κ3) is 1.83. The molecule has 1 aliphatic heterocycles. The van der Waals surface area contributed by atoms with Gasteiger partial charge in [-0.3, -0.25) is 4.79 Å². The van der Waals surface area contributed by atoms with E-state index in [2.05, 4.69) is 0 Å². The van der Waals surface area contributed by atoms with Crippen LogP contribution in [0.2, 0.25) is 0 Å². The predicted octanol–water partition coefficient (Wildman–Crippen LogP) is 0.595. The first-order chi connectivity index (χ1) is 5.24. The molecule has 0 aromatic heterocycles. The van der Waals surface area contributed by atoms with Crippen molar-refractivity contribution < 1.29 is 4.79 Å². The van der Waals surface area contributed by atoms with Gasteiger partial charge in [-0.25, -0.2) is 0 Å². The molecule has 60 valence electrons. The first-order valence-corrected chi connectivity index (χ1v) is 3.67. The zero-order valence-electron chi connectivity index (χ0n) is 6.58. The highest BCUT2D eigenvalue weighted by Gasteiger charge is 2.07. The number of carbonyl (C=O) groups excluding carboxylic acids is 1. The van der Waals surface area contributed by atoms with Gasteiger partial charge in [0.25, 0.3) is 0 Å². The van der Waals surface area contributed by atoms with Crippen LogP contribution in [-0.4, -0.2) is 17.4 Å². The van der Waals surface area contributed by atoms with E-state index in [1.807, 2.05) is 24.1 Å². The van der Waals surface area contributed by atoms with Crippen LogP contribution in [0.3, 0.4) is 0 Å². The van der Waals surface area contributed by atoms with E-state index in [0.717, 1.165) is 6.54 Å². The molecule has 3 heteroatoms. The summed E-state index contributed by atoms with van der Waals surface area (Å²) in [7, 11) is 0. The van der Waals surface area contributed by atoms with E-state index in [4.69, 9.17) is 5.73 Å². The molecule has 0 bridgehead atoms. The van der Waals surface area contributed by atoms with Crippen molar-refractivity contribution in [2.45, 2.75) is 13.3 Å². The Morgan fingerprint density at radius 1 is 1.82 bits per heavy atom. The molecule has 1 rings (SSSR count). The summed E-state index contributed by atoms with van der Waals surface area (Å²) in [6, 6.07) is 0. The first-order valence-electron chi connectivity index (χ1n) is 3.67. The average molecular weight is 152 g/mol. The molecule has 1 amide bonds. The molecule has 0 unspecified atom stereocenters. The second-order valence-electron chi connectivity index (χ2n) is 2.44. The number of carbonyl (C=O) groups is 1. The lowest BCUT2D eigenvalue weighted by atomic mass is 10.1. The van der Waals surface area contributed by atoms with Gasteiger partial charge in [0.15, 0.2) is 0 Å². The van der Waals surface area contributed by atoms with Crippen molar-refractivity contribution in [2.24, 2.45) is 5.73 Å². The Kier molecular flexibility index (Phi) is 2.31. The molecule has 0 atom stereocenters. The number of amides is 1. The molecule has 11 heavy (non-hydrogen) atoms. The van der Waals surface area contributed by atoms with Gasteiger partial charge >= 0.3 is 0 Å². The zero-order chi connectivity index (χ0) is 8.27. The highest BCUT2D eigenvalue weighted by atomic mass is 16.1. The molecule has 0 aromatic rings. The molecule has 0 radical (unpaired) electrons. The van der Waals surface area contributed by atoms with Gasteiger partial charge in [-0.05, 0) is 19.5 Å². The van der Waals surface area contributed by atoms with E-state index >= 15 is 0 Å². The minimum Gasteiger partial charge on any atom is -0.366 e. The molecular weight excluding hydrogens is 140 g/mol. The molecule has 0 saturated heterocycles. The lowest BCUT2D eigenvalue weighted by molar-refractivity contribution is -0.114. The smallest absolute Gasteiger partial charge is 0.246 e. The highest BCUT2D eigenvalue weighted by Crippen LogP contribution is 2.10. The van der Waals surface area contributed by atoms with Gasteiger partial charge in [-0.2, -0.15) is 0 Å². The second kappa shape index (κ2) is 3.23. The molecule has 1 aliphatic rings. The Bertz CT molecular complexity index is 218. The van der Waals surface area contributed by atoms with Crippen molar-refractivity contribution in [3.63, 3.8) is 0 Å². The van der Waals surface area contributed by atoms with Crippen LogP contribution in [0.25, 0.3) is 0 Å². The van der Waals surface area contributed by atoms with Crippen LogP contribution in [0, 0.1) is 0 Å². The van der Waals surface area contributed by atoms with Gasteiger partial charge in [0.05, 0.1) is 0 Å². The van der Waals surface area contributed by atoms with Gasteiger partial charge in [-0.15, -0.1) is 0 Å². The number of allylic oxidation sites excluding steroid dienone is 1. The minimum absolute atomic E-state index is 0.326. The standard InChI is InChI=1S/C8H12N2O/c1-2-10-5-3-4-7(6-10)8(9)11/h3,5-6H,2,4H2,1H3,(H2,9,11). The average Bonchev–Trinajstić information content (AvgIpc) is 2.05. The normalized spacial score (nSPS) is 16.5. The van der Waals surface area contributed by atoms with Crippen molar-refractivity contribution >= 4 is 5.91 Å². The van der Waals surface area contributed by atoms with Crippen molar-refractivity contribution in [2.75, 3.05) is 6.54 Å². The molecule has 0 saturated carbocycles. The first kappa shape index (κ1) is 7.85. The fraction of sp³-hybridized carbons (Fsp3) is 0.375. The van der Waals surface area contributed by atoms with E-state index in [9.17, 15) is 4.79 Å². The van der Waals surface area contributed by atoms with Crippen LogP contribution in [0.4, 0.5) is 0 Å². The van der Waals surface area contributed by atoms with Crippen molar-refractivity contribution in [3.05, 3.63) is 24.0 Å². The fourth-order valence-corrected chi connectivity index (χ4v) is 0.972. The summed E-state index contributed by atoms with van der Waals surface area (Å²) < 4.78 is 0. The summed E-state index contributed by atoms with van der Waals surface area (Å²) in [5.41, 5.74) is 5.79. The topological polar surface area (TPSA) is 46.3 Å². The van der Waals surface area contributed by atoms with Crippen LogP contribution in [0.5, 0.6) is 0 Å². The monoisotopic (exact) mass is 152 g/mol. The molecule has 0 spiro atoms. The summed E-state index contributed by atoms with van der Waals surface area (Å²) in [5, 5.41) is 0. The highest BCUT2D eigenvalue weighted by molar-refractivity contribution is 5.92. The quantitative estimate of drug-likeness (QED) is 0.629. The van der Waals surface area contributed by atoms with E-state index in [1.165, 1.54) is 0 Å². The Hall–Kier alpha value is -1.25. The van der Waals surface area contributed by atoms with Gasteiger partial charge in [0.1, 0.15) is 0 Å². The van der Waals surface area contributed by atoms with Crippen LogP contribution >= 0.6 is 0 Å². The summed E-state index contributed by atoms with van der Waals surface area (Å²) in [4.78, 5) is 12.6. The summed E-state index contributed by atoms with van der Waals surface area (Å²) in [6.45, 7) is 2.89. The summed E-state index contributed by atoms with van der Waals surface area (Å²) in [6.07, 6.45) is 6.34. The largest absolute Gasteiger partial charge is 0.366 e. The Morgan fingerprint density at radius 2 is 2.55 bits per heavy atom. The Labute approximate surface area is 66.2 Å². The van der Waals surface area contributed by atoms with Crippen molar-refractivity contribution in [1.82, 2.24) is 4.90 Å². The third-order valence-electron chi connectivity index (χ3n) is 1.64. The molecule has 0 aromatic carbocycles. The van der Waals surface area contributed by atoms with Gasteiger partial charge in [0, 0.05) is 18.3 Å². The SMILES string of the molecule is CCN1C=CCC(C(N)=O)=C1. The predicted molar refractivity (Wildman–Crippen MR) is 43.4 cm³/mol. The van der Waals surface area contributed by atoms with E-state index in [1.54, 1.807) is 6.20 Å². The second-order valence-corrected chi connectivity index (χ2v) is 2.44. The fourth-order valence-electron chi connectivity index (χ4n) is 0.972. The Morgan fingerprint density at radius 3 is 3.09 bits per heavy atom. The summed E-state index contributed by atoms with van der Waals surface area (Å²) >= 11 is 0. The molecule has 0 fully saturated rings. The number of nitrogens with zero attached hydrogens (tertiary/aromatic N) is 1. The van der Waals surface area contributed by atoms with Crippen LogP contribution in [0.15, 0.2) is 24.0 Å². The Balaban J connectivity index is 2.69. The number of primary amides is 1. The summed E-state index contributed by atoms with van der Waals surface area (Å²) in [5.74, 6) is -0.326. The van der Waals surface area contributed by atoms with Gasteiger partial charge in [0.2, 0.25) is 5.91 Å². The maximum absolute atomic E-state index is 10.7. The maximum atomic E-state index is 10.7. The number of nitrogens with two attached hydrogens (primary N) is 1. The van der Waals surface area contributed by atoms with E-state index in [-0.39, 0.29) is 5.91 Å². The third-order valence-corrected chi connectivity index (χ3v) is 1.64.